The van der Waals surface area contributed by atoms with Gasteiger partial charge in [0.25, 0.3) is 0 Å². The first-order valence-electron chi connectivity index (χ1n) is 10.2. The van der Waals surface area contributed by atoms with Crippen molar-refractivity contribution in [3.63, 3.8) is 0 Å². The van der Waals surface area contributed by atoms with Gasteiger partial charge in [0.05, 0.1) is 17.3 Å². The van der Waals surface area contributed by atoms with E-state index in [1.165, 1.54) is 18.2 Å². The summed E-state index contributed by atoms with van der Waals surface area (Å²) in [6, 6.07) is 7.72. The highest BCUT2D eigenvalue weighted by molar-refractivity contribution is 5.93. The molecule has 2 aliphatic rings. The summed E-state index contributed by atoms with van der Waals surface area (Å²) >= 11 is 0. The molecule has 5 rings (SSSR count). The smallest absolute Gasteiger partial charge is 0.223 e. The molecule has 0 bridgehead atoms. The average Bonchev–Trinajstić information content (AvgIpc) is 3.25. The number of fused-ring (bicyclic) bond motifs is 1. The molecule has 31 heavy (non-hydrogen) atoms. The van der Waals surface area contributed by atoms with E-state index in [1.807, 2.05) is 0 Å². The molecule has 1 unspecified atom stereocenters. The molecular weight excluding hydrogens is 407 g/mol. The summed E-state index contributed by atoms with van der Waals surface area (Å²) in [6.45, 7) is 0.427. The summed E-state index contributed by atoms with van der Waals surface area (Å²) in [5.41, 5.74) is 2.20. The molecule has 0 spiro atoms. The summed E-state index contributed by atoms with van der Waals surface area (Å²) in [4.78, 5) is 26.9. The Hall–Kier alpha value is -3.29. The predicted octanol–water partition coefficient (Wildman–Crippen LogP) is 3.75. The standard InChI is InChI=1S/C23H20F3N3O2/c24-14-3-1-11(2-4-14)21-20(17-7-15(25)8-18(26)22(17)29-21)12-5-13(6-12)23(31)28-16-9-19(30)27-10-16/h1-4,7-8,12-13,16,29H,5-6,9-10H2,(H,27,30)(H,28,31). The van der Waals surface area contributed by atoms with E-state index in [-0.39, 0.29) is 47.4 Å². The average molecular weight is 427 g/mol. The van der Waals surface area contributed by atoms with Crippen molar-refractivity contribution < 1.29 is 22.8 Å². The second-order valence-corrected chi connectivity index (χ2v) is 8.31. The van der Waals surface area contributed by atoms with Gasteiger partial charge in [-0.3, -0.25) is 9.59 Å². The Labute approximate surface area is 176 Å². The Morgan fingerprint density at radius 2 is 1.77 bits per heavy atom. The molecule has 1 atom stereocenters. The topological polar surface area (TPSA) is 74.0 Å². The number of halogens is 3. The summed E-state index contributed by atoms with van der Waals surface area (Å²) in [5.74, 6) is -2.26. The van der Waals surface area contributed by atoms with Crippen LogP contribution in [0.3, 0.4) is 0 Å². The van der Waals surface area contributed by atoms with Gasteiger partial charge in [0.15, 0.2) is 0 Å². The molecule has 8 heteroatoms. The highest BCUT2D eigenvalue weighted by atomic mass is 19.1. The monoisotopic (exact) mass is 427 g/mol. The van der Waals surface area contributed by atoms with Crippen LogP contribution in [0, 0.1) is 23.4 Å². The normalized spacial score (nSPS) is 22.9. The van der Waals surface area contributed by atoms with Gasteiger partial charge in [0.2, 0.25) is 11.8 Å². The van der Waals surface area contributed by atoms with Crippen LogP contribution >= 0.6 is 0 Å². The zero-order chi connectivity index (χ0) is 21.7. The van der Waals surface area contributed by atoms with E-state index in [4.69, 9.17) is 0 Å². The molecule has 1 aromatic heterocycles. The number of H-pyrrole nitrogens is 1. The largest absolute Gasteiger partial charge is 0.354 e. The Morgan fingerprint density at radius 1 is 1.03 bits per heavy atom. The molecular formula is C23H20F3N3O2. The number of benzene rings is 2. The number of rotatable bonds is 4. The lowest BCUT2D eigenvalue weighted by Gasteiger charge is -2.35. The minimum atomic E-state index is -0.698. The van der Waals surface area contributed by atoms with E-state index in [0.29, 0.717) is 36.0 Å². The first-order valence-corrected chi connectivity index (χ1v) is 10.2. The molecule has 2 heterocycles. The van der Waals surface area contributed by atoms with Crippen LogP contribution in [0.4, 0.5) is 13.2 Å². The van der Waals surface area contributed by atoms with E-state index in [0.717, 1.165) is 11.6 Å². The predicted molar refractivity (Wildman–Crippen MR) is 109 cm³/mol. The minimum absolute atomic E-state index is 0.0749. The van der Waals surface area contributed by atoms with Crippen molar-refractivity contribution in [1.82, 2.24) is 15.6 Å². The number of aromatic amines is 1. The third kappa shape index (κ3) is 3.56. The van der Waals surface area contributed by atoms with Gasteiger partial charge in [0, 0.05) is 30.3 Å². The Morgan fingerprint density at radius 3 is 2.45 bits per heavy atom. The Kier molecular flexibility index (Phi) is 4.72. The summed E-state index contributed by atoms with van der Waals surface area (Å²) in [7, 11) is 0. The van der Waals surface area contributed by atoms with Gasteiger partial charge in [0.1, 0.15) is 17.5 Å². The van der Waals surface area contributed by atoms with Crippen molar-refractivity contribution in [2.45, 2.75) is 31.2 Å². The summed E-state index contributed by atoms with van der Waals surface area (Å²) in [6.07, 6.45) is 1.33. The molecule has 2 aromatic carbocycles. The quantitative estimate of drug-likeness (QED) is 0.593. The fourth-order valence-electron chi connectivity index (χ4n) is 4.60. The lowest BCUT2D eigenvalue weighted by atomic mass is 9.69. The summed E-state index contributed by atoms with van der Waals surface area (Å²) in [5, 5.41) is 6.02. The third-order valence-corrected chi connectivity index (χ3v) is 6.24. The molecule has 2 fully saturated rings. The molecule has 1 aliphatic carbocycles. The molecule has 5 nitrogen and oxygen atoms in total. The van der Waals surface area contributed by atoms with E-state index in [9.17, 15) is 22.8 Å². The van der Waals surface area contributed by atoms with Crippen molar-refractivity contribution >= 4 is 22.7 Å². The number of hydrogen-bond acceptors (Lipinski definition) is 2. The number of hydrogen-bond donors (Lipinski definition) is 3. The molecule has 1 aliphatic heterocycles. The fourth-order valence-corrected chi connectivity index (χ4v) is 4.60. The van der Waals surface area contributed by atoms with Gasteiger partial charge in [-0.25, -0.2) is 13.2 Å². The van der Waals surface area contributed by atoms with Crippen LogP contribution in [-0.2, 0) is 9.59 Å². The number of amides is 2. The highest BCUT2D eigenvalue weighted by Crippen LogP contribution is 2.48. The maximum absolute atomic E-state index is 14.4. The van der Waals surface area contributed by atoms with Crippen molar-refractivity contribution in [1.29, 1.82) is 0 Å². The molecule has 1 saturated heterocycles. The van der Waals surface area contributed by atoms with Gasteiger partial charge >= 0.3 is 0 Å². The van der Waals surface area contributed by atoms with Crippen molar-refractivity contribution in [2.24, 2.45) is 5.92 Å². The maximum atomic E-state index is 14.4. The van der Waals surface area contributed by atoms with Crippen molar-refractivity contribution in [3.8, 4) is 11.3 Å². The summed E-state index contributed by atoms with van der Waals surface area (Å²) < 4.78 is 41.8. The van der Waals surface area contributed by atoms with Crippen LogP contribution in [0.1, 0.15) is 30.7 Å². The van der Waals surface area contributed by atoms with Gasteiger partial charge in [-0.15, -0.1) is 0 Å². The number of carbonyl (C=O) groups excluding carboxylic acids is 2. The second-order valence-electron chi connectivity index (χ2n) is 8.31. The third-order valence-electron chi connectivity index (χ3n) is 6.24. The van der Waals surface area contributed by atoms with Gasteiger partial charge in [-0.05, 0) is 60.2 Å². The fraction of sp³-hybridized carbons (Fsp3) is 0.304. The SMILES string of the molecule is O=C1CC(NC(=O)C2CC(c3c(-c4ccc(F)cc4)[nH]c4c(F)cc(F)cc34)C2)CN1. The van der Waals surface area contributed by atoms with Gasteiger partial charge in [-0.2, -0.15) is 0 Å². The Balaban J connectivity index is 1.44. The van der Waals surface area contributed by atoms with E-state index in [1.54, 1.807) is 12.1 Å². The van der Waals surface area contributed by atoms with Crippen LogP contribution in [0.5, 0.6) is 0 Å². The second kappa shape index (κ2) is 7.44. The van der Waals surface area contributed by atoms with Gasteiger partial charge in [-0.1, -0.05) is 0 Å². The highest BCUT2D eigenvalue weighted by Gasteiger charge is 2.39. The van der Waals surface area contributed by atoms with E-state index < -0.39 is 11.6 Å². The van der Waals surface area contributed by atoms with Crippen LogP contribution in [0.2, 0.25) is 0 Å². The van der Waals surface area contributed by atoms with Crippen molar-refractivity contribution in [2.75, 3.05) is 6.54 Å². The maximum Gasteiger partial charge on any atom is 0.223 e. The first-order chi connectivity index (χ1) is 14.9. The Bertz CT molecular complexity index is 1180. The van der Waals surface area contributed by atoms with Crippen LogP contribution in [-0.4, -0.2) is 29.4 Å². The van der Waals surface area contributed by atoms with E-state index in [2.05, 4.69) is 15.6 Å². The lowest BCUT2D eigenvalue weighted by molar-refractivity contribution is -0.128. The molecule has 3 N–H and O–H groups in total. The molecule has 0 radical (unpaired) electrons. The first kappa shape index (κ1) is 19.7. The molecule has 3 aromatic rings. The van der Waals surface area contributed by atoms with Crippen LogP contribution in [0.15, 0.2) is 36.4 Å². The van der Waals surface area contributed by atoms with Crippen LogP contribution < -0.4 is 10.6 Å². The number of aromatic nitrogens is 1. The molecule has 1 saturated carbocycles. The van der Waals surface area contributed by atoms with Crippen LogP contribution in [0.25, 0.3) is 22.2 Å². The number of carbonyl (C=O) groups is 2. The van der Waals surface area contributed by atoms with Gasteiger partial charge < -0.3 is 15.6 Å². The van der Waals surface area contributed by atoms with E-state index >= 15 is 0 Å². The lowest BCUT2D eigenvalue weighted by Crippen LogP contribution is -2.43. The molecule has 2 amide bonds. The number of nitrogens with one attached hydrogen (secondary N) is 3. The molecule has 160 valence electrons. The zero-order valence-electron chi connectivity index (χ0n) is 16.5. The zero-order valence-corrected chi connectivity index (χ0v) is 16.5. The van der Waals surface area contributed by atoms with Crippen molar-refractivity contribution in [3.05, 3.63) is 59.4 Å². The minimum Gasteiger partial charge on any atom is -0.354 e.